The molecule has 15 heavy (non-hydrogen) atoms. The van der Waals surface area contributed by atoms with Crippen LogP contribution < -0.4 is 5.09 Å². The van der Waals surface area contributed by atoms with Crippen molar-refractivity contribution in [2.24, 2.45) is 0 Å². The van der Waals surface area contributed by atoms with Gasteiger partial charge in [-0.05, 0) is 28.8 Å². The molecule has 4 heteroatoms. The van der Waals surface area contributed by atoms with Crippen LogP contribution in [-0.4, -0.2) is 8.07 Å². The molecule has 1 N–H and O–H groups in total. The molecule has 82 valence electrons. The molecule has 0 spiro atoms. The molecule has 0 aromatic carbocycles. The van der Waals surface area contributed by atoms with Crippen molar-refractivity contribution in [2.45, 2.75) is 33.5 Å². The molecule has 0 saturated heterocycles. The molecular formula is C11H18NPSSi. The molecular weight excluding hydrogens is 237 g/mol. The minimum absolute atomic E-state index is 1.17. The quantitative estimate of drug-likeness (QED) is 0.457. The van der Waals surface area contributed by atoms with Crippen LogP contribution in [-0.2, 0) is 0 Å². The highest BCUT2D eigenvalue weighted by molar-refractivity contribution is 7.19. The Balaban J connectivity index is 3.14. The highest BCUT2D eigenvalue weighted by Gasteiger charge is 2.11. The lowest BCUT2D eigenvalue weighted by Crippen LogP contribution is -2.16. The third kappa shape index (κ3) is 3.34. The molecule has 0 fully saturated rings. The Morgan fingerprint density at radius 1 is 1.27 bits per heavy atom. The van der Waals surface area contributed by atoms with Crippen LogP contribution in [0, 0.1) is 25.3 Å². The van der Waals surface area contributed by atoms with Crippen LogP contribution in [0.3, 0.4) is 0 Å². The summed E-state index contributed by atoms with van der Waals surface area (Å²) in [4.78, 5) is 2.52. The van der Waals surface area contributed by atoms with Crippen LogP contribution >= 0.6 is 20.7 Å². The summed E-state index contributed by atoms with van der Waals surface area (Å²) in [6.45, 7) is 11.1. The lowest BCUT2D eigenvalue weighted by molar-refractivity contribution is 1.44. The second kappa shape index (κ2) is 4.70. The van der Waals surface area contributed by atoms with Gasteiger partial charge < -0.3 is 5.09 Å². The van der Waals surface area contributed by atoms with Crippen molar-refractivity contribution in [2.75, 3.05) is 5.09 Å². The van der Waals surface area contributed by atoms with Crippen molar-refractivity contribution in [1.29, 1.82) is 0 Å². The number of anilines is 1. The fourth-order valence-electron chi connectivity index (χ4n) is 1.13. The molecule has 1 unspecified atom stereocenters. The number of hydrogen-bond acceptors (Lipinski definition) is 2. The van der Waals surface area contributed by atoms with Crippen LogP contribution in [0.15, 0.2) is 0 Å². The van der Waals surface area contributed by atoms with Gasteiger partial charge in [-0.2, -0.15) is 0 Å². The Morgan fingerprint density at radius 3 is 2.33 bits per heavy atom. The molecule has 0 amide bonds. The summed E-state index contributed by atoms with van der Waals surface area (Å²) in [5.41, 5.74) is 5.89. The van der Waals surface area contributed by atoms with Crippen molar-refractivity contribution >= 4 is 34.5 Å². The highest BCUT2D eigenvalue weighted by atomic mass is 32.1. The second-order valence-electron chi connectivity index (χ2n) is 4.63. The first-order valence-corrected chi connectivity index (χ1v) is 9.84. The van der Waals surface area contributed by atoms with Gasteiger partial charge in [0.15, 0.2) is 0 Å². The van der Waals surface area contributed by atoms with Crippen molar-refractivity contribution in [1.82, 2.24) is 0 Å². The van der Waals surface area contributed by atoms with Crippen molar-refractivity contribution in [3.8, 4) is 11.5 Å². The number of rotatable bonds is 1. The average molecular weight is 255 g/mol. The summed E-state index contributed by atoms with van der Waals surface area (Å²) < 4.78 is 0. The minimum Gasteiger partial charge on any atom is -0.368 e. The fraction of sp³-hybridized carbons (Fsp3) is 0.455. The van der Waals surface area contributed by atoms with Gasteiger partial charge in [-0.3, -0.25) is 0 Å². The molecule has 0 aliphatic heterocycles. The summed E-state index contributed by atoms with van der Waals surface area (Å²) in [6, 6.07) is 0. The van der Waals surface area contributed by atoms with Gasteiger partial charge in [0.1, 0.15) is 13.0 Å². The van der Waals surface area contributed by atoms with E-state index in [-0.39, 0.29) is 0 Å². The summed E-state index contributed by atoms with van der Waals surface area (Å²) in [5, 5.41) is 3.16. The Kier molecular flexibility index (Phi) is 4.00. The maximum atomic E-state index is 3.40. The van der Waals surface area contributed by atoms with Crippen LogP contribution in [0.4, 0.5) is 5.69 Å². The van der Waals surface area contributed by atoms with E-state index in [1.165, 1.54) is 21.0 Å². The Labute approximate surface area is 99.9 Å². The number of nitrogens with one attached hydrogen (secondary N) is 1. The molecule has 1 nitrogen and oxygen atoms in total. The second-order valence-corrected chi connectivity index (χ2v) is 10.9. The van der Waals surface area contributed by atoms with Gasteiger partial charge >= 0.3 is 0 Å². The zero-order valence-electron chi connectivity index (χ0n) is 9.99. The van der Waals surface area contributed by atoms with Crippen molar-refractivity contribution in [3.05, 3.63) is 15.3 Å². The fourth-order valence-corrected chi connectivity index (χ4v) is 3.17. The van der Waals surface area contributed by atoms with E-state index in [2.05, 4.69) is 59.4 Å². The third-order valence-corrected chi connectivity index (χ3v) is 4.37. The van der Waals surface area contributed by atoms with E-state index in [9.17, 15) is 0 Å². The molecule has 1 aromatic rings. The van der Waals surface area contributed by atoms with E-state index in [1.807, 2.05) is 0 Å². The Hall–Kier alpha value is -0.293. The van der Waals surface area contributed by atoms with E-state index < -0.39 is 8.07 Å². The van der Waals surface area contributed by atoms with Gasteiger partial charge in [-0.15, -0.1) is 16.9 Å². The average Bonchev–Trinajstić information content (AvgIpc) is 2.38. The standard InChI is InChI=1S/C11H18NPSSi/c1-8-9(2)14-10(11(8)12-13)6-7-15(3,4)5/h12H,13H2,1-5H3. The van der Waals surface area contributed by atoms with Crippen LogP contribution in [0.1, 0.15) is 15.3 Å². The molecule has 1 atom stereocenters. The molecule has 0 aliphatic carbocycles. The molecule has 1 heterocycles. The van der Waals surface area contributed by atoms with Gasteiger partial charge in [0.2, 0.25) is 0 Å². The van der Waals surface area contributed by atoms with Gasteiger partial charge in [0.05, 0.1) is 5.69 Å². The zero-order chi connectivity index (χ0) is 11.6. The minimum atomic E-state index is -1.27. The highest BCUT2D eigenvalue weighted by Crippen LogP contribution is 2.32. The predicted octanol–water partition coefficient (Wildman–Crippen LogP) is 3.80. The summed E-state index contributed by atoms with van der Waals surface area (Å²) in [5.74, 6) is 3.32. The van der Waals surface area contributed by atoms with Crippen LogP contribution in [0.25, 0.3) is 0 Å². The van der Waals surface area contributed by atoms with Gasteiger partial charge in [-0.25, -0.2) is 0 Å². The van der Waals surface area contributed by atoms with E-state index in [4.69, 9.17) is 0 Å². The third-order valence-electron chi connectivity index (χ3n) is 2.08. The first-order valence-electron chi connectivity index (χ1n) is 4.95. The van der Waals surface area contributed by atoms with E-state index in [1.54, 1.807) is 11.3 Å². The molecule has 0 saturated carbocycles. The summed E-state index contributed by atoms with van der Waals surface area (Å²) in [7, 11) is 1.28. The number of thiophene rings is 1. The Morgan fingerprint density at radius 2 is 1.87 bits per heavy atom. The van der Waals surface area contributed by atoms with Gasteiger partial charge in [0, 0.05) is 4.88 Å². The summed E-state index contributed by atoms with van der Waals surface area (Å²) in [6.07, 6.45) is 0. The lowest BCUT2D eigenvalue weighted by Gasteiger charge is -2.03. The van der Waals surface area contributed by atoms with Crippen molar-refractivity contribution in [3.63, 3.8) is 0 Å². The number of aryl methyl sites for hydroxylation is 1. The number of hydrogen-bond donors (Lipinski definition) is 1. The monoisotopic (exact) mass is 255 g/mol. The first-order chi connectivity index (χ1) is 6.85. The van der Waals surface area contributed by atoms with E-state index >= 15 is 0 Å². The zero-order valence-corrected chi connectivity index (χ0v) is 13.0. The SMILES string of the molecule is Cc1sc(C#C[Si](C)(C)C)c(NP)c1C. The maximum absolute atomic E-state index is 3.40. The smallest absolute Gasteiger partial charge is 0.129 e. The predicted molar refractivity (Wildman–Crippen MR) is 77.3 cm³/mol. The summed E-state index contributed by atoms with van der Waals surface area (Å²) >= 11 is 1.78. The van der Waals surface area contributed by atoms with Gasteiger partial charge in [-0.1, -0.05) is 25.6 Å². The first kappa shape index (κ1) is 12.8. The normalized spacial score (nSPS) is 10.8. The molecule has 1 aromatic heterocycles. The van der Waals surface area contributed by atoms with E-state index in [0.717, 1.165) is 0 Å². The maximum Gasteiger partial charge on any atom is 0.129 e. The van der Waals surface area contributed by atoms with Crippen LogP contribution in [0.2, 0.25) is 19.6 Å². The largest absolute Gasteiger partial charge is 0.368 e. The lowest BCUT2D eigenvalue weighted by atomic mass is 10.2. The van der Waals surface area contributed by atoms with E-state index in [0.29, 0.717) is 0 Å². The van der Waals surface area contributed by atoms with Gasteiger partial charge in [0.25, 0.3) is 0 Å². The Bertz CT molecular complexity index is 420. The molecule has 0 aliphatic rings. The van der Waals surface area contributed by atoms with Crippen molar-refractivity contribution < 1.29 is 0 Å². The topological polar surface area (TPSA) is 12.0 Å². The van der Waals surface area contributed by atoms with Crippen LogP contribution in [0.5, 0.6) is 0 Å². The molecule has 0 radical (unpaired) electrons. The molecule has 1 rings (SSSR count). The molecule has 0 bridgehead atoms.